The van der Waals surface area contributed by atoms with Crippen molar-refractivity contribution < 1.29 is 4.79 Å². The van der Waals surface area contributed by atoms with Crippen molar-refractivity contribution in [2.75, 3.05) is 11.4 Å². The SMILES string of the molecule is CC(Sc1nn(-c2ccccc2)c(=S)s1)C(=O)N(CCC#N)c1ccccc1. The van der Waals surface area contributed by atoms with E-state index in [1.807, 2.05) is 67.6 Å². The first-order valence-corrected chi connectivity index (χ1v) is 10.8. The number of nitrogens with zero attached hydrogens (tertiary/aromatic N) is 4. The van der Waals surface area contributed by atoms with Crippen LogP contribution in [-0.4, -0.2) is 27.5 Å². The maximum absolute atomic E-state index is 13.1. The van der Waals surface area contributed by atoms with Crippen LogP contribution >= 0.6 is 35.3 Å². The minimum atomic E-state index is -0.358. The Morgan fingerprint density at radius 2 is 1.89 bits per heavy atom. The number of benzene rings is 2. The van der Waals surface area contributed by atoms with Crippen molar-refractivity contribution in [3.8, 4) is 11.8 Å². The molecule has 2 aromatic carbocycles. The van der Waals surface area contributed by atoms with E-state index in [1.54, 1.807) is 9.58 Å². The first kappa shape index (κ1) is 20.3. The molecular weight excluding hydrogens is 408 g/mol. The van der Waals surface area contributed by atoms with Gasteiger partial charge in [-0.3, -0.25) is 4.79 Å². The molecular formula is C20H18N4OS3. The van der Waals surface area contributed by atoms with Crippen molar-refractivity contribution in [1.82, 2.24) is 9.78 Å². The molecule has 0 bridgehead atoms. The average molecular weight is 427 g/mol. The molecule has 142 valence electrons. The lowest BCUT2D eigenvalue weighted by Gasteiger charge is -2.24. The zero-order valence-electron chi connectivity index (χ0n) is 15.2. The Hall–Kier alpha value is -2.47. The van der Waals surface area contributed by atoms with Gasteiger partial charge in [-0.25, -0.2) is 4.68 Å². The molecule has 0 saturated heterocycles. The summed E-state index contributed by atoms with van der Waals surface area (Å²) in [5.74, 6) is -0.0566. The lowest BCUT2D eigenvalue weighted by atomic mass is 10.2. The van der Waals surface area contributed by atoms with Crippen molar-refractivity contribution in [1.29, 1.82) is 5.26 Å². The first-order chi connectivity index (χ1) is 13.6. The first-order valence-electron chi connectivity index (χ1n) is 8.66. The number of carbonyl (C=O) groups excluding carboxylic acids is 1. The molecule has 0 aliphatic rings. The predicted molar refractivity (Wildman–Crippen MR) is 117 cm³/mol. The second-order valence-corrected chi connectivity index (χ2v) is 9.09. The second-order valence-electron chi connectivity index (χ2n) is 5.87. The largest absolute Gasteiger partial charge is 0.310 e. The number of hydrogen-bond donors (Lipinski definition) is 0. The monoisotopic (exact) mass is 426 g/mol. The molecule has 8 heteroatoms. The van der Waals surface area contributed by atoms with Crippen LogP contribution in [0.2, 0.25) is 0 Å². The topological polar surface area (TPSA) is 61.9 Å². The molecule has 1 heterocycles. The summed E-state index contributed by atoms with van der Waals surface area (Å²) < 4.78 is 3.09. The number of amides is 1. The van der Waals surface area contributed by atoms with Crippen molar-refractivity contribution in [3.63, 3.8) is 0 Å². The molecule has 3 aromatic rings. The van der Waals surface area contributed by atoms with Crippen LogP contribution in [0, 0.1) is 15.3 Å². The summed E-state index contributed by atoms with van der Waals surface area (Å²) in [6, 6.07) is 21.2. The van der Waals surface area contributed by atoms with Gasteiger partial charge in [-0.1, -0.05) is 59.5 Å². The molecule has 1 unspecified atom stereocenters. The Morgan fingerprint density at radius 1 is 1.25 bits per heavy atom. The third-order valence-corrected chi connectivity index (χ3v) is 6.34. The van der Waals surface area contributed by atoms with Crippen LogP contribution in [0.1, 0.15) is 13.3 Å². The van der Waals surface area contributed by atoms with Crippen molar-refractivity contribution in [2.45, 2.75) is 22.9 Å². The highest BCUT2D eigenvalue weighted by Gasteiger charge is 2.24. The maximum atomic E-state index is 13.1. The summed E-state index contributed by atoms with van der Waals surface area (Å²) >= 11 is 8.20. The van der Waals surface area contributed by atoms with Gasteiger partial charge in [0.1, 0.15) is 0 Å². The molecule has 0 spiro atoms. The number of thioether (sulfide) groups is 1. The standard InChI is InChI=1S/C20H18N4OS3/c1-15(18(25)23(14-8-13-21)16-9-4-2-5-10-16)27-19-22-24(20(26)28-19)17-11-6-3-7-12-17/h2-7,9-12,15H,8,14H2,1H3. The van der Waals surface area contributed by atoms with Gasteiger partial charge in [0.05, 0.1) is 23.4 Å². The summed E-state index contributed by atoms with van der Waals surface area (Å²) in [6.07, 6.45) is 0.277. The molecule has 28 heavy (non-hydrogen) atoms. The summed E-state index contributed by atoms with van der Waals surface area (Å²) in [4.78, 5) is 14.7. The van der Waals surface area contributed by atoms with Crippen LogP contribution in [0.25, 0.3) is 5.69 Å². The van der Waals surface area contributed by atoms with Gasteiger partial charge in [0.2, 0.25) is 5.91 Å². The predicted octanol–water partition coefficient (Wildman–Crippen LogP) is 5.09. The highest BCUT2D eigenvalue weighted by molar-refractivity contribution is 8.02. The van der Waals surface area contributed by atoms with Crippen LogP contribution in [0.5, 0.6) is 0 Å². The van der Waals surface area contributed by atoms with E-state index in [1.165, 1.54) is 23.1 Å². The number of nitriles is 1. The molecule has 3 rings (SSSR count). The van der Waals surface area contributed by atoms with Gasteiger partial charge in [0.15, 0.2) is 8.29 Å². The van der Waals surface area contributed by atoms with Crippen LogP contribution in [0.15, 0.2) is 65.0 Å². The fourth-order valence-corrected chi connectivity index (χ4v) is 5.17. The molecule has 0 fully saturated rings. The molecule has 1 atom stereocenters. The van der Waals surface area contributed by atoms with Gasteiger partial charge in [0.25, 0.3) is 0 Å². The number of anilines is 1. The molecule has 1 aromatic heterocycles. The van der Waals surface area contributed by atoms with Gasteiger partial charge in [-0.15, -0.1) is 5.10 Å². The van der Waals surface area contributed by atoms with E-state index in [0.717, 1.165) is 15.7 Å². The lowest BCUT2D eigenvalue weighted by molar-refractivity contribution is -0.117. The zero-order valence-corrected chi connectivity index (χ0v) is 17.6. The average Bonchev–Trinajstić information content (AvgIpc) is 3.09. The molecule has 0 aliphatic heterocycles. The Bertz CT molecular complexity index is 1020. The van der Waals surface area contributed by atoms with E-state index in [2.05, 4.69) is 11.2 Å². The van der Waals surface area contributed by atoms with Crippen molar-refractivity contribution >= 4 is 46.9 Å². The Balaban J connectivity index is 1.78. The molecule has 0 radical (unpaired) electrons. The highest BCUT2D eigenvalue weighted by Crippen LogP contribution is 2.29. The zero-order chi connectivity index (χ0) is 19.9. The molecule has 0 aliphatic carbocycles. The fourth-order valence-electron chi connectivity index (χ4n) is 2.60. The lowest BCUT2D eigenvalue weighted by Crippen LogP contribution is -2.37. The van der Waals surface area contributed by atoms with E-state index in [4.69, 9.17) is 17.5 Å². The molecule has 0 N–H and O–H groups in total. The summed E-state index contributed by atoms with van der Waals surface area (Å²) in [6.45, 7) is 2.21. The van der Waals surface area contributed by atoms with Gasteiger partial charge >= 0.3 is 0 Å². The van der Waals surface area contributed by atoms with Gasteiger partial charge in [-0.05, 0) is 43.4 Å². The Labute approximate surface area is 177 Å². The van der Waals surface area contributed by atoms with E-state index in [9.17, 15) is 4.79 Å². The van der Waals surface area contributed by atoms with E-state index < -0.39 is 0 Å². The third-order valence-electron chi connectivity index (χ3n) is 3.94. The Morgan fingerprint density at radius 3 is 2.54 bits per heavy atom. The summed E-state index contributed by atoms with van der Waals surface area (Å²) in [5, 5.41) is 13.2. The number of para-hydroxylation sites is 2. The van der Waals surface area contributed by atoms with E-state index >= 15 is 0 Å². The van der Waals surface area contributed by atoms with Crippen LogP contribution in [-0.2, 0) is 4.79 Å². The van der Waals surface area contributed by atoms with E-state index in [-0.39, 0.29) is 17.6 Å². The number of aromatic nitrogens is 2. The smallest absolute Gasteiger partial charge is 0.240 e. The third kappa shape index (κ3) is 4.87. The summed E-state index contributed by atoms with van der Waals surface area (Å²) in [5.41, 5.74) is 1.69. The minimum Gasteiger partial charge on any atom is -0.310 e. The second kappa shape index (κ2) is 9.64. The maximum Gasteiger partial charge on any atom is 0.240 e. The fraction of sp³-hybridized carbons (Fsp3) is 0.200. The van der Waals surface area contributed by atoms with Crippen molar-refractivity contribution in [3.05, 3.63) is 64.6 Å². The van der Waals surface area contributed by atoms with Gasteiger partial charge in [-0.2, -0.15) is 5.26 Å². The Kier molecular flexibility index (Phi) is 6.98. The summed E-state index contributed by atoms with van der Waals surface area (Å²) in [7, 11) is 0. The number of carbonyl (C=O) groups is 1. The number of rotatable bonds is 7. The van der Waals surface area contributed by atoms with E-state index in [0.29, 0.717) is 10.5 Å². The van der Waals surface area contributed by atoms with Gasteiger partial charge in [0, 0.05) is 12.2 Å². The molecule has 0 saturated carbocycles. The minimum absolute atomic E-state index is 0.0566. The van der Waals surface area contributed by atoms with Gasteiger partial charge < -0.3 is 4.90 Å². The normalized spacial score (nSPS) is 11.6. The molecule has 5 nitrogen and oxygen atoms in total. The number of hydrogen-bond acceptors (Lipinski definition) is 6. The van der Waals surface area contributed by atoms with Crippen LogP contribution < -0.4 is 4.90 Å². The van der Waals surface area contributed by atoms with Crippen molar-refractivity contribution in [2.24, 2.45) is 0 Å². The molecule has 1 amide bonds. The van der Waals surface area contributed by atoms with Crippen LogP contribution in [0.3, 0.4) is 0 Å². The highest BCUT2D eigenvalue weighted by atomic mass is 32.2. The quantitative estimate of drug-likeness (QED) is 0.389. The van der Waals surface area contributed by atoms with Crippen LogP contribution in [0.4, 0.5) is 5.69 Å².